The molecular formula is C19H31N3O6. The first kappa shape index (κ1) is 22.1. The summed E-state index contributed by atoms with van der Waals surface area (Å²) in [4.78, 5) is 52.5. The van der Waals surface area contributed by atoms with Gasteiger partial charge in [-0.1, -0.05) is 13.8 Å². The zero-order valence-corrected chi connectivity index (χ0v) is 17.1. The quantitative estimate of drug-likeness (QED) is 0.436. The van der Waals surface area contributed by atoms with Gasteiger partial charge in [0.25, 0.3) is 11.8 Å². The highest BCUT2D eigenvalue weighted by Crippen LogP contribution is 2.26. The van der Waals surface area contributed by atoms with Crippen LogP contribution in [0.4, 0.5) is 0 Å². The predicted molar refractivity (Wildman–Crippen MR) is 100 cm³/mol. The summed E-state index contributed by atoms with van der Waals surface area (Å²) in [7, 11) is 1.30. The third kappa shape index (κ3) is 5.01. The Morgan fingerprint density at radius 1 is 1.25 bits per heavy atom. The molecule has 4 atom stereocenters. The number of rotatable bonds is 9. The molecule has 0 bridgehead atoms. The first-order chi connectivity index (χ1) is 13.3. The minimum absolute atomic E-state index is 0.148. The van der Waals surface area contributed by atoms with E-state index < -0.39 is 24.2 Å². The van der Waals surface area contributed by atoms with E-state index in [0.29, 0.717) is 32.4 Å². The summed E-state index contributed by atoms with van der Waals surface area (Å²) in [5.41, 5.74) is 0. The molecule has 0 radical (unpaired) electrons. The van der Waals surface area contributed by atoms with Gasteiger partial charge >= 0.3 is 5.97 Å². The molecule has 0 spiro atoms. The molecule has 1 unspecified atom stereocenters. The number of hydrogen-bond donors (Lipinski definition) is 1. The number of hydrogen-bond acceptors (Lipinski definition) is 6. The lowest BCUT2D eigenvalue weighted by Gasteiger charge is -2.31. The number of carbonyl (C=O) groups excluding carboxylic acids is 4. The van der Waals surface area contributed by atoms with E-state index in [0.717, 1.165) is 6.42 Å². The van der Waals surface area contributed by atoms with Crippen LogP contribution in [0.25, 0.3) is 0 Å². The van der Waals surface area contributed by atoms with Crippen molar-refractivity contribution in [1.29, 1.82) is 0 Å². The Labute approximate surface area is 165 Å². The fourth-order valence-corrected chi connectivity index (χ4v) is 3.37. The maximum Gasteiger partial charge on any atom is 0.328 e. The van der Waals surface area contributed by atoms with Crippen molar-refractivity contribution in [3.8, 4) is 0 Å². The highest BCUT2D eigenvalue weighted by Gasteiger charge is 2.52. The Bertz CT molecular complexity index is 610. The molecule has 0 aromatic carbocycles. The molecule has 2 saturated heterocycles. The minimum atomic E-state index is -0.853. The molecule has 0 aromatic heterocycles. The Hall–Kier alpha value is -2.16. The van der Waals surface area contributed by atoms with Gasteiger partial charge in [0.15, 0.2) is 12.2 Å². The molecule has 28 heavy (non-hydrogen) atoms. The average molecular weight is 397 g/mol. The number of carbonyl (C=O) groups is 4. The lowest BCUT2D eigenvalue weighted by molar-refractivity contribution is -0.152. The van der Waals surface area contributed by atoms with Crippen molar-refractivity contribution in [3.05, 3.63) is 0 Å². The van der Waals surface area contributed by atoms with Gasteiger partial charge in [-0.3, -0.25) is 14.4 Å². The van der Waals surface area contributed by atoms with Gasteiger partial charge in [-0.25, -0.2) is 4.79 Å². The number of ether oxygens (including phenoxy) is 2. The summed E-state index contributed by atoms with van der Waals surface area (Å²) in [5, 5.41) is 2.71. The third-order valence-electron chi connectivity index (χ3n) is 5.30. The smallest absolute Gasteiger partial charge is 0.328 e. The maximum absolute atomic E-state index is 12.9. The monoisotopic (exact) mass is 397 g/mol. The summed E-state index contributed by atoms with van der Waals surface area (Å²) in [5.74, 6) is -1.41. The van der Waals surface area contributed by atoms with E-state index in [1.54, 1.807) is 0 Å². The minimum Gasteiger partial charge on any atom is -0.467 e. The van der Waals surface area contributed by atoms with E-state index in [1.807, 2.05) is 20.8 Å². The number of esters is 1. The zero-order valence-electron chi connectivity index (χ0n) is 17.1. The SMILES string of the molecule is CCCNC(=O)[C@H]1O[C@@H]1C(=O)N(CC(=O)N1CCC[C@H]1C(=O)OC)C(C)CC. The van der Waals surface area contributed by atoms with Crippen LogP contribution in [0.3, 0.4) is 0 Å². The summed E-state index contributed by atoms with van der Waals surface area (Å²) in [6, 6.07) is -0.796. The molecule has 2 aliphatic rings. The van der Waals surface area contributed by atoms with Crippen molar-refractivity contribution >= 4 is 23.7 Å². The van der Waals surface area contributed by atoms with Gasteiger partial charge in [0.05, 0.1) is 7.11 Å². The Kier molecular flexibility index (Phi) is 7.79. The van der Waals surface area contributed by atoms with E-state index in [4.69, 9.17) is 9.47 Å². The van der Waals surface area contributed by atoms with E-state index in [1.165, 1.54) is 16.9 Å². The molecule has 9 nitrogen and oxygen atoms in total. The lowest BCUT2D eigenvalue weighted by atomic mass is 10.1. The molecule has 1 N–H and O–H groups in total. The molecule has 3 amide bonds. The molecule has 2 aliphatic heterocycles. The second kappa shape index (κ2) is 9.86. The highest BCUT2D eigenvalue weighted by atomic mass is 16.6. The number of nitrogens with zero attached hydrogens (tertiary/aromatic N) is 2. The van der Waals surface area contributed by atoms with Gasteiger partial charge in [0, 0.05) is 19.1 Å². The van der Waals surface area contributed by atoms with Crippen LogP contribution < -0.4 is 5.32 Å². The van der Waals surface area contributed by atoms with Gasteiger partial charge in [0.1, 0.15) is 12.6 Å². The van der Waals surface area contributed by atoms with Crippen LogP contribution in [0.5, 0.6) is 0 Å². The summed E-state index contributed by atoms with van der Waals surface area (Å²) < 4.78 is 10.1. The molecule has 0 saturated carbocycles. The summed E-state index contributed by atoms with van der Waals surface area (Å²) >= 11 is 0. The zero-order chi connectivity index (χ0) is 20.8. The summed E-state index contributed by atoms with van der Waals surface area (Å²) in [6.07, 6.45) is 1.07. The molecule has 9 heteroatoms. The largest absolute Gasteiger partial charge is 0.467 e. The topological polar surface area (TPSA) is 109 Å². The van der Waals surface area contributed by atoms with Gasteiger partial charge < -0.3 is 24.6 Å². The predicted octanol–water partition coefficient (Wildman–Crippen LogP) is 0.0711. The number of nitrogens with one attached hydrogen (secondary N) is 1. The van der Waals surface area contributed by atoms with E-state index in [-0.39, 0.29) is 30.3 Å². The van der Waals surface area contributed by atoms with E-state index in [9.17, 15) is 19.2 Å². The van der Waals surface area contributed by atoms with Crippen LogP contribution in [0.15, 0.2) is 0 Å². The van der Waals surface area contributed by atoms with Crippen molar-refractivity contribution in [2.75, 3.05) is 26.7 Å². The fraction of sp³-hybridized carbons (Fsp3) is 0.789. The Morgan fingerprint density at radius 2 is 1.96 bits per heavy atom. The Morgan fingerprint density at radius 3 is 2.57 bits per heavy atom. The van der Waals surface area contributed by atoms with Crippen molar-refractivity contribution in [3.63, 3.8) is 0 Å². The molecule has 2 rings (SSSR count). The molecule has 2 fully saturated rings. The van der Waals surface area contributed by atoms with E-state index >= 15 is 0 Å². The first-order valence-electron chi connectivity index (χ1n) is 9.96. The van der Waals surface area contributed by atoms with Crippen LogP contribution in [0.2, 0.25) is 0 Å². The number of epoxide rings is 1. The van der Waals surface area contributed by atoms with Crippen LogP contribution in [0, 0.1) is 0 Å². The van der Waals surface area contributed by atoms with Gasteiger partial charge in [-0.2, -0.15) is 0 Å². The molecule has 0 aromatic rings. The van der Waals surface area contributed by atoms with E-state index in [2.05, 4.69) is 5.32 Å². The van der Waals surface area contributed by atoms with Crippen molar-refractivity contribution in [2.24, 2.45) is 0 Å². The third-order valence-corrected chi connectivity index (χ3v) is 5.30. The molecular weight excluding hydrogens is 366 g/mol. The molecule has 2 heterocycles. The van der Waals surface area contributed by atoms with Crippen molar-refractivity contribution in [2.45, 2.75) is 70.7 Å². The Balaban J connectivity index is 2.02. The van der Waals surface area contributed by atoms with Crippen molar-refractivity contribution in [1.82, 2.24) is 15.1 Å². The highest BCUT2D eigenvalue weighted by molar-refractivity contribution is 5.97. The van der Waals surface area contributed by atoms with Gasteiger partial charge in [-0.15, -0.1) is 0 Å². The van der Waals surface area contributed by atoms with Crippen LogP contribution in [-0.4, -0.2) is 84.5 Å². The molecule has 158 valence electrons. The average Bonchev–Trinajstić information content (AvgIpc) is 3.36. The van der Waals surface area contributed by atoms with Crippen molar-refractivity contribution < 1.29 is 28.7 Å². The van der Waals surface area contributed by atoms with Crippen LogP contribution in [-0.2, 0) is 28.7 Å². The fourth-order valence-electron chi connectivity index (χ4n) is 3.37. The second-order valence-corrected chi connectivity index (χ2v) is 7.26. The van der Waals surface area contributed by atoms with Crippen LogP contribution >= 0.6 is 0 Å². The number of methoxy groups -OCH3 is 1. The maximum atomic E-state index is 12.9. The molecule has 0 aliphatic carbocycles. The summed E-state index contributed by atoms with van der Waals surface area (Å²) in [6.45, 7) is 6.54. The first-order valence-corrected chi connectivity index (χ1v) is 9.96. The number of amides is 3. The number of likely N-dealkylation sites (tertiary alicyclic amines) is 1. The second-order valence-electron chi connectivity index (χ2n) is 7.26. The van der Waals surface area contributed by atoms with Gasteiger partial charge in [0.2, 0.25) is 5.91 Å². The lowest BCUT2D eigenvalue weighted by Crippen LogP contribution is -2.51. The van der Waals surface area contributed by atoms with Gasteiger partial charge in [-0.05, 0) is 32.6 Å². The van der Waals surface area contributed by atoms with Crippen LogP contribution in [0.1, 0.15) is 46.5 Å². The standard InChI is InChI=1S/C19H31N3O6/c1-5-9-20-17(24)15-16(28-15)18(25)22(12(3)6-2)11-14(23)21-10-7-8-13(21)19(26)27-4/h12-13,15-16H,5-11H2,1-4H3,(H,20,24)/t12?,13-,15-,16-/m0/s1. The normalized spacial score (nSPS) is 24.4.